The molecule has 5 heteroatoms. The predicted molar refractivity (Wildman–Crippen MR) is 82.5 cm³/mol. The Morgan fingerprint density at radius 1 is 1.38 bits per heavy atom. The van der Waals surface area contributed by atoms with E-state index >= 15 is 0 Å². The van der Waals surface area contributed by atoms with Crippen LogP contribution in [0.4, 0.5) is 0 Å². The van der Waals surface area contributed by atoms with Gasteiger partial charge >= 0.3 is 0 Å². The van der Waals surface area contributed by atoms with Crippen LogP contribution in [-0.4, -0.2) is 42.9 Å². The molecule has 21 heavy (non-hydrogen) atoms. The molecule has 5 nitrogen and oxygen atoms in total. The lowest BCUT2D eigenvalue weighted by atomic mass is 9.83. The van der Waals surface area contributed by atoms with Crippen molar-refractivity contribution in [2.45, 2.75) is 57.9 Å². The van der Waals surface area contributed by atoms with Crippen molar-refractivity contribution in [3.63, 3.8) is 0 Å². The Bertz CT molecular complexity index is 399. The third kappa shape index (κ3) is 3.96. The standard InChI is InChI=1S/C16H29N3O2/c1-16(15(21)18-2)8-9-19(11-16)14(20)7-6-12-4-3-5-13(17)10-12/h12-13H,3-11,17H2,1-2H3,(H,18,21). The largest absolute Gasteiger partial charge is 0.359 e. The Hall–Kier alpha value is -1.10. The predicted octanol–water partition coefficient (Wildman–Crippen LogP) is 1.27. The fourth-order valence-electron chi connectivity index (χ4n) is 3.74. The molecule has 2 fully saturated rings. The summed E-state index contributed by atoms with van der Waals surface area (Å²) in [6, 6.07) is 0.321. The van der Waals surface area contributed by atoms with Gasteiger partial charge in [-0.2, -0.15) is 0 Å². The Labute approximate surface area is 127 Å². The smallest absolute Gasteiger partial charge is 0.227 e. The summed E-state index contributed by atoms with van der Waals surface area (Å²) in [6.07, 6.45) is 6.88. The number of rotatable bonds is 4. The minimum atomic E-state index is -0.419. The SMILES string of the molecule is CNC(=O)C1(C)CCN(C(=O)CCC2CCCC(N)C2)C1. The van der Waals surface area contributed by atoms with Crippen LogP contribution in [0.15, 0.2) is 0 Å². The highest BCUT2D eigenvalue weighted by Crippen LogP contribution is 2.32. The van der Waals surface area contributed by atoms with Crippen LogP contribution in [0.25, 0.3) is 0 Å². The number of likely N-dealkylation sites (tertiary alicyclic amines) is 1. The van der Waals surface area contributed by atoms with Gasteiger partial charge in [0, 0.05) is 32.6 Å². The molecule has 1 saturated heterocycles. The van der Waals surface area contributed by atoms with Crippen molar-refractivity contribution in [3.05, 3.63) is 0 Å². The first-order valence-corrected chi connectivity index (χ1v) is 8.20. The van der Waals surface area contributed by atoms with Crippen molar-refractivity contribution in [1.82, 2.24) is 10.2 Å². The average molecular weight is 295 g/mol. The molecule has 0 aromatic rings. The molecule has 2 rings (SSSR count). The molecule has 0 bridgehead atoms. The van der Waals surface area contributed by atoms with Gasteiger partial charge in [-0.3, -0.25) is 9.59 Å². The fraction of sp³-hybridized carbons (Fsp3) is 0.875. The van der Waals surface area contributed by atoms with Gasteiger partial charge in [0.15, 0.2) is 0 Å². The van der Waals surface area contributed by atoms with E-state index in [9.17, 15) is 9.59 Å². The number of hydrogen-bond acceptors (Lipinski definition) is 3. The number of nitrogens with one attached hydrogen (secondary N) is 1. The minimum Gasteiger partial charge on any atom is -0.359 e. The zero-order valence-corrected chi connectivity index (χ0v) is 13.4. The highest BCUT2D eigenvalue weighted by atomic mass is 16.2. The summed E-state index contributed by atoms with van der Waals surface area (Å²) in [4.78, 5) is 26.1. The van der Waals surface area contributed by atoms with Gasteiger partial charge in [-0.05, 0) is 38.5 Å². The van der Waals surface area contributed by atoms with Crippen molar-refractivity contribution in [3.8, 4) is 0 Å². The molecule has 0 aromatic carbocycles. The average Bonchev–Trinajstić information content (AvgIpc) is 2.88. The number of amides is 2. The molecule has 0 radical (unpaired) electrons. The van der Waals surface area contributed by atoms with Gasteiger partial charge in [0.25, 0.3) is 0 Å². The fourth-order valence-corrected chi connectivity index (χ4v) is 3.74. The molecule has 1 aliphatic carbocycles. The van der Waals surface area contributed by atoms with Crippen LogP contribution in [0.2, 0.25) is 0 Å². The summed E-state index contributed by atoms with van der Waals surface area (Å²) < 4.78 is 0. The second kappa shape index (κ2) is 6.77. The van der Waals surface area contributed by atoms with Crippen molar-refractivity contribution < 1.29 is 9.59 Å². The highest BCUT2D eigenvalue weighted by Gasteiger charge is 2.41. The number of carbonyl (C=O) groups is 2. The maximum atomic E-state index is 12.3. The third-order valence-corrected chi connectivity index (χ3v) is 5.19. The summed E-state index contributed by atoms with van der Waals surface area (Å²) in [5.74, 6) is 0.837. The lowest BCUT2D eigenvalue weighted by molar-refractivity contribution is -0.132. The number of nitrogens with zero attached hydrogens (tertiary/aromatic N) is 1. The first kappa shape index (κ1) is 16.3. The van der Waals surface area contributed by atoms with Gasteiger partial charge < -0.3 is 16.0 Å². The summed E-state index contributed by atoms with van der Waals surface area (Å²) in [5.41, 5.74) is 5.58. The highest BCUT2D eigenvalue weighted by molar-refractivity contribution is 5.84. The van der Waals surface area contributed by atoms with E-state index in [1.807, 2.05) is 11.8 Å². The Balaban J connectivity index is 1.78. The van der Waals surface area contributed by atoms with Gasteiger partial charge in [0.1, 0.15) is 0 Å². The molecule has 3 atom stereocenters. The molecule has 2 aliphatic rings. The molecule has 120 valence electrons. The summed E-state index contributed by atoms with van der Waals surface area (Å²) in [7, 11) is 1.66. The van der Waals surface area contributed by atoms with Crippen LogP contribution in [0.5, 0.6) is 0 Å². The molecule has 1 saturated carbocycles. The Kier molecular flexibility index (Phi) is 5.25. The van der Waals surface area contributed by atoms with Gasteiger partial charge in [0.05, 0.1) is 5.41 Å². The molecule has 1 aliphatic heterocycles. The lowest BCUT2D eigenvalue weighted by Gasteiger charge is -2.27. The van der Waals surface area contributed by atoms with Crippen LogP contribution in [0, 0.1) is 11.3 Å². The van der Waals surface area contributed by atoms with Crippen LogP contribution in [0.1, 0.15) is 51.9 Å². The molecular weight excluding hydrogens is 266 g/mol. The van der Waals surface area contributed by atoms with Gasteiger partial charge in [0.2, 0.25) is 11.8 Å². The normalized spacial score (nSPS) is 33.0. The summed E-state index contributed by atoms with van der Waals surface area (Å²) in [6.45, 7) is 3.20. The van der Waals surface area contributed by atoms with Crippen LogP contribution in [-0.2, 0) is 9.59 Å². The van der Waals surface area contributed by atoms with E-state index in [-0.39, 0.29) is 11.8 Å². The van der Waals surface area contributed by atoms with E-state index in [0.717, 1.165) is 25.7 Å². The van der Waals surface area contributed by atoms with E-state index < -0.39 is 5.41 Å². The Morgan fingerprint density at radius 3 is 2.81 bits per heavy atom. The molecule has 0 spiro atoms. The first-order chi connectivity index (χ1) is 9.94. The van der Waals surface area contributed by atoms with E-state index in [4.69, 9.17) is 5.73 Å². The number of hydrogen-bond donors (Lipinski definition) is 2. The van der Waals surface area contributed by atoms with E-state index in [2.05, 4.69) is 5.32 Å². The van der Waals surface area contributed by atoms with E-state index in [1.165, 1.54) is 12.8 Å². The zero-order valence-electron chi connectivity index (χ0n) is 13.4. The minimum absolute atomic E-state index is 0.0380. The maximum absolute atomic E-state index is 12.3. The number of carbonyl (C=O) groups excluding carboxylic acids is 2. The van der Waals surface area contributed by atoms with Gasteiger partial charge in [-0.25, -0.2) is 0 Å². The van der Waals surface area contributed by atoms with Gasteiger partial charge in [-0.1, -0.05) is 12.8 Å². The van der Waals surface area contributed by atoms with Crippen molar-refractivity contribution in [2.24, 2.45) is 17.1 Å². The third-order valence-electron chi connectivity index (χ3n) is 5.19. The topological polar surface area (TPSA) is 75.4 Å². The number of nitrogens with two attached hydrogens (primary N) is 1. The molecular formula is C16H29N3O2. The molecule has 3 unspecified atom stereocenters. The Morgan fingerprint density at radius 2 is 2.14 bits per heavy atom. The van der Waals surface area contributed by atoms with E-state index in [0.29, 0.717) is 31.5 Å². The van der Waals surface area contributed by atoms with Crippen molar-refractivity contribution in [2.75, 3.05) is 20.1 Å². The molecule has 2 amide bonds. The van der Waals surface area contributed by atoms with Crippen LogP contribution in [0.3, 0.4) is 0 Å². The first-order valence-electron chi connectivity index (χ1n) is 8.20. The van der Waals surface area contributed by atoms with E-state index in [1.54, 1.807) is 7.05 Å². The molecule has 3 N–H and O–H groups in total. The molecule has 1 heterocycles. The maximum Gasteiger partial charge on any atom is 0.227 e. The van der Waals surface area contributed by atoms with Crippen LogP contribution >= 0.6 is 0 Å². The van der Waals surface area contributed by atoms with Crippen LogP contribution < -0.4 is 11.1 Å². The molecule has 0 aromatic heterocycles. The zero-order chi connectivity index (χ0) is 15.5. The summed E-state index contributed by atoms with van der Waals surface area (Å²) in [5, 5.41) is 2.70. The monoisotopic (exact) mass is 295 g/mol. The van der Waals surface area contributed by atoms with Crippen molar-refractivity contribution >= 4 is 11.8 Å². The quantitative estimate of drug-likeness (QED) is 0.820. The summed E-state index contributed by atoms with van der Waals surface area (Å²) >= 11 is 0. The lowest BCUT2D eigenvalue weighted by Crippen LogP contribution is -2.40. The van der Waals surface area contributed by atoms with Gasteiger partial charge in [-0.15, -0.1) is 0 Å². The second-order valence-electron chi connectivity index (χ2n) is 7.04. The second-order valence-corrected chi connectivity index (χ2v) is 7.04. The van der Waals surface area contributed by atoms with Crippen molar-refractivity contribution in [1.29, 1.82) is 0 Å².